The number of carbonyl (C=O) groups excluding carboxylic acids is 2. The molecule has 0 heterocycles. The van der Waals surface area contributed by atoms with Crippen molar-refractivity contribution >= 4 is 35.2 Å². The first kappa shape index (κ1) is 25.7. The molecule has 0 saturated carbocycles. The molecule has 34 heavy (non-hydrogen) atoms. The van der Waals surface area contributed by atoms with E-state index in [-0.39, 0.29) is 41.3 Å². The molecule has 0 fully saturated rings. The van der Waals surface area contributed by atoms with Crippen LogP contribution in [-0.2, 0) is 28.3 Å². The molecule has 2 amide bonds. The first-order valence-electron chi connectivity index (χ1n) is 10.7. The third-order valence-electron chi connectivity index (χ3n) is 5.35. The van der Waals surface area contributed by atoms with Crippen LogP contribution in [0.3, 0.4) is 0 Å². The van der Waals surface area contributed by atoms with Crippen molar-refractivity contribution < 1.29 is 18.4 Å². The average Bonchev–Trinajstić information content (AvgIpc) is 2.84. The predicted octanol–water partition coefficient (Wildman–Crippen LogP) is 5.24. The van der Waals surface area contributed by atoms with Gasteiger partial charge in [0.05, 0.1) is 5.75 Å². The molecule has 0 aliphatic heterocycles. The van der Waals surface area contributed by atoms with Gasteiger partial charge < -0.3 is 10.2 Å². The van der Waals surface area contributed by atoms with Crippen molar-refractivity contribution in [1.82, 2.24) is 10.2 Å². The topological polar surface area (TPSA) is 49.4 Å². The maximum Gasteiger partial charge on any atom is 0.242 e. The van der Waals surface area contributed by atoms with Crippen LogP contribution in [-0.4, -0.2) is 35.6 Å². The number of thioether (sulfide) groups is 1. The zero-order chi connectivity index (χ0) is 24.5. The van der Waals surface area contributed by atoms with Crippen LogP contribution in [0.2, 0.25) is 5.02 Å². The number of halogens is 3. The highest BCUT2D eigenvalue weighted by molar-refractivity contribution is 7.99. The monoisotopic (exact) mass is 502 g/mol. The Balaban J connectivity index is 1.84. The Morgan fingerprint density at radius 3 is 2.32 bits per heavy atom. The first-order chi connectivity index (χ1) is 16.4. The third-order valence-corrected chi connectivity index (χ3v) is 6.65. The Morgan fingerprint density at radius 1 is 0.971 bits per heavy atom. The number of nitrogens with zero attached hydrogens (tertiary/aromatic N) is 1. The third kappa shape index (κ3) is 6.81. The van der Waals surface area contributed by atoms with E-state index < -0.39 is 17.7 Å². The summed E-state index contributed by atoms with van der Waals surface area (Å²) in [5.41, 5.74) is 1.49. The average molecular weight is 503 g/mol. The van der Waals surface area contributed by atoms with E-state index in [0.29, 0.717) is 11.1 Å². The van der Waals surface area contributed by atoms with Gasteiger partial charge in [0.15, 0.2) is 0 Å². The van der Waals surface area contributed by atoms with E-state index in [0.717, 1.165) is 5.56 Å². The SMILES string of the molecule is CNC(=O)C(Cc1ccccc1)N(Cc1ccccc1F)C(=O)CSCc1c(F)cccc1Cl. The van der Waals surface area contributed by atoms with E-state index in [1.165, 1.54) is 41.9 Å². The molecule has 0 bridgehead atoms. The van der Waals surface area contributed by atoms with Gasteiger partial charge in [-0.15, -0.1) is 11.8 Å². The molecule has 0 aliphatic rings. The van der Waals surface area contributed by atoms with Gasteiger partial charge in [0.25, 0.3) is 0 Å². The van der Waals surface area contributed by atoms with Gasteiger partial charge in [-0.05, 0) is 23.8 Å². The molecule has 0 radical (unpaired) electrons. The van der Waals surface area contributed by atoms with Crippen LogP contribution >= 0.6 is 23.4 Å². The van der Waals surface area contributed by atoms with Gasteiger partial charge in [-0.1, -0.05) is 66.2 Å². The zero-order valence-electron chi connectivity index (χ0n) is 18.6. The van der Waals surface area contributed by atoms with Crippen molar-refractivity contribution in [2.45, 2.75) is 24.8 Å². The second-order valence-electron chi connectivity index (χ2n) is 7.63. The molecule has 3 aromatic rings. The molecule has 0 aliphatic carbocycles. The Labute approximate surface area is 207 Å². The van der Waals surface area contributed by atoms with E-state index in [4.69, 9.17) is 11.6 Å². The lowest BCUT2D eigenvalue weighted by Crippen LogP contribution is -2.50. The molecule has 8 heteroatoms. The van der Waals surface area contributed by atoms with Gasteiger partial charge in [-0.2, -0.15) is 0 Å². The van der Waals surface area contributed by atoms with Crippen molar-refractivity contribution in [3.63, 3.8) is 0 Å². The standard InChI is InChI=1S/C26H25ClF2N2O2S/c1-30-26(33)24(14-18-8-3-2-4-9-18)31(15-19-10-5-6-12-22(19)28)25(32)17-34-16-20-21(27)11-7-13-23(20)29/h2-13,24H,14-17H2,1H3,(H,30,33). The fraction of sp³-hybridized carbons (Fsp3) is 0.231. The fourth-order valence-corrected chi connectivity index (χ4v) is 4.77. The number of hydrogen-bond acceptors (Lipinski definition) is 3. The van der Waals surface area contributed by atoms with Crippen LogP contribution in [0.5, 0.6) is 0 Å². The summed E-state index contributed by atoms with van der Waals surface area (Å²) in [7, 11) is 1.50. The number of amides is 2. The summed E-state index contributed by atoms with van der Waals surface area (Å²) in [4.78, 5) is 27.6. The minimum absolute atomic E-state index is 0.0264. The number of likely N-dealkylation sites (N-methyl/N-ethyl adjacent to an activating group) is 1. The number of carbonyl (C=O) groups is 2. The lowest BCUT2D eigenvalue weighted by Gasteiger charge is -2.31. The summed E-state index contributed by atoms with van der Waals surface area (Å²) in [6, 6.07) is 19.1. The van der Waals surface area contributed by atoms with Gasteiger partial charge in [-0.25, -0.2) is 8.78 Å². The van der Waals surface area contributed by atoms with Crippen molar-refractivity contribution in [3.8, 4) is 0 Å². The van der Waals surface area contributed by atoms with Crippen LogP contribution in [0.1, 0.15) is 16.7 Å². The molecule has 1 N–H and O–H groups in total. The lowest BCUT2D eigenvalue weighted by molar-refractivity contribution is -0.139. The van der Waals surface area contributed by atoms with Crippen molar-refractivity contribution in [3.05, 3.63) is 106 Å². The zero-order valence-corrected chi connectivity index (χ0v) is 20.2. The van der Waals surface area contributed by atoms with Crippen LogP contribution < -0.4 is 5.32 Å². The largest absolute Gasteiger partial charge is 0.357 e. The second kappa shape index (κ2) is 12.5. The van der Waals surface area contributed by atoms with Gasteiger partial charge in [0.1, 0.15) is 17.7 Å². The minimum atomic E-state index is -0.850. The number of benzene rings is 3. The molecule has 3 rings (SSSR count). The Bertz CT molecular complexity index is 1110. The van der Waals surface area contributed by atoms with Crippen molar-refractivity contribution in [2.75, 3.05) is 12.8 Å². The van der Waals surface area contributed by atoms with E-state index in [9.17, 15) is 18.4 Å². The highest BCUT2D eigenvalue weighted by Gasteiger charge is 2.30. The maximum atomic E-state index is 14.4. The van der Waals surface area contributed by atoms with E-state index in [1.807, 2.05) is 30.3 Å². The highest BCUT2D eigenvalue weighted by atomic mass is 35.5. The minimum Gasteiger partial charge on any atom is -0.357 e. The Kier molecular flexibility index (Phi) is 9.48. The van der Waals surface area contributed by atoms with Crippen molar-refractivity contribution in [2.24, 2.45) is 0 Å². The predicted molar refractivity (Wildman–Crippen MR) is 133 cm³/mol. The van der Waals surface area contributed by atoms with Gasteiger partial charge in [0.2, 0.25) is 11.8 Å². The number of hydrogen-bond donors (Lipinski definition) is 1. The Morgan fingerprint density at radius 2 is 1.65 bits per heavy atom. The Hall–Kier alpha value is -2.90. The van der Waals surface area contributed by atoms with Crippen LogP contribution in [0.15, 0.2) is 72.8 Å². The van der Waals surface area contributed by atoms with E-state index >= 15 is 0 Å². The van der Waals surface area contributed by atoms with Gasteiger partial charge in [0, 0.05) is 41.9 Å². The molecule has 3 aromatic carbocycles. The second-order valence-corrected chi connectivity index (χ2v) is 9.02. The van der Waals surface area contributed by atoms with Crippen molar-refractivity contribution in [1.29, 1.82) is 0 Å². The fourth-order valence-electron chi connectivity index (χ4n) is 3.52. The van der Waals surface area contributed by atoms with Gasteiger partial charge in [-0.3, -0.25) is 9.59 Å². The summed E-state index contributed by atoms with van der Waals surface area (Å²) in [5, 5.41) is 2.91. The molecule has 1 unspecified atom stereocenters. The van der Waals surface area contributed by atoms with Crippen LogP contribution in [0.25, 0.3) is 0 Å². The molecular weight excluding hydrogens is 478 g/mol. The number of rotatable bonds is 10. The van der Waals surface area contributed by atoms with Crippen LogP contribution in [0.4, 0.5) is 8.78 Å². The molecular formula is C26H25ClF2N2O2S. The van der Waals surface area contributed by atoms with E-state index in [2.05, 4.69) is 5.32 Å². The summed E-state index contributed by atoms with van der Waals surface area (Å²) >= 11 is 7.28. The van der Waals surface area contributed by atoms with Gasteiger partial charge >= 0.3 is 0 Å². The number of nitrogens with one attached hydrogen (secondary N) is 1. The lowest BCUT2D eigenvalue weighted by atomic mass is 10.0. The smallest absolute Gasteiger partial charge is 0.242 e. The van der Waals surface area contributed by atoms with E-state index in [1.54, 1.807) is 24.3 Å². The molecule has 0 spiro atoms. The molecule has 4 nitrogen and oxygen atoms in total. The summed E-state index contributed by atoms with van der Waals surface area (Å²) < 4.78 is 28.5. The molecule has 0 aromatic heterocycles. The quantitative estimate of drug-likeness (QED) is 0.412. The summed E-state index contributed by atoms with van der Waals surface area (Å²) in [5.74, 6) is -1.44. The maximum absolute atomic E-state index is 14.4. The molecule has 0 saturated heterocycles. The highest BCUT2D eigenvalue weighted by Crippen LogP contribution is 2.25. The molecule has 178 valence electrons. The van der Waals surface area contributed by atoms with Crippen LogP contribution in [0, 0.1) is 11.6 Å². The summed E-state index contributed by atoms with van der Waals surface area (Å²) in [6.45, 7) is -0.0720. The molecule has 1 atom stereocenters. The first-order valence-corrected chi connectivity index (χ1v) is 12.2. The normalized spacial score (nSPS) is 11.6. The summed E-state index contributed by atoms with van der Waals surface area (Å²) in [6.07, 6.45) is 0.268.